The first-order valence-corrected chi connectivity index (χ1v) is 11.3. The van der Waals surface area contributed by atoms with E-state index in [1.165, 1.54) is 0 Å². The van der Waals surface area contributed by atoms with E-state index in [0.717, 1.165) is 48.1 Å². The van der Waals surface area contributed by atoms with Gasteiger partial charge in [0.25, 0.3) is 0 Å². The Bertz CT molecular complexity index is 1200. The summed E-state index contributed by atoms with van der Waals surface area (Å²) < 4.78 is 5.73. The van der Waals surface area contributed by atoms with Gasteiger partial charge in [-0.1, -0.05) is 39.0 Å². The molecule has 1 aromatic heterocycles. The van der Waals surface area contributed by atoms with E-state index in [9.17, 15) is 14.7 Å². The van der Waals surface area contributed by atoms with Gasteiger partial charge in [-0.05, 0) is 67.2 Å². The van der Waals surface area contributed by atoms with Crippen molar-refractivity contribution in [2.75, 3.05) is 18.0 Å². The van der Waals surface area contributed by atoms with Crippen molar-refractivity contribution in [1.29, 1.82) is 0 Å². The van der Waals surface area contributed by atoms with Crippen LogP contribution in [0.2, 0.25) is 0 Å². The first-order chi connectivity index (χ1) is 15.4. The third kappa shape index (κ3) is 4.93. The molecule has 0 unspecified atom stereocenters. The van der Waals surface area contributed by atoms with Crippen LogP contribution in [0.5, 0.6) is 0 Å². The van der Waals surface area contributed by atoms with Crippen molar-refractivity contribution < 1.29 is 14.3 Å². The van der Waals surface area contributed by atoms with Gasteiger partial charge in [0.15, 0.2) is 0 Å². The lowest BCUT2D eigenvalue weighted by molar-refractivity contribution is 0.0696. The quantitative estimate of drug-likeness (QED) is 0.409. The Morgan fingerprint density at radius 1 is 1.03 bits per heavy atom. The fourth-order valence-corrected chi connectivity index (χ4v) is 4.13. The van der Waals surface area contributed by atoms with Crippen LogP contribution in [0.15, 0.2) is 45.6 Å². The van der Waals surface area contributed by atoms with E-state index in [-0.39, 0.29) is 11.2 Å². The number of nitrogens with zero attached hydrogens (tertiary/aromatic N) is 1. The molecular formula is C27H31NO4. The minimum atomic E-state index is -0.947. The fourth-order valence-electron chi connectivity index (χ4n) is 4.13. The van der Waals surface area contributed by atoms with Gasteiger partial charge in [-0.15, -0.1) is 0 Å². The number of anilines is 1. The molecule has 0 atom stereocenters. The largest absolute Gasteiger partial charge is 0.478 e. The summed E-state index contributed by atoms with van der Waals surface area (Å²) in [6.45, 7) is 10.0. The molecule has 3 rings (SSSR count). The minimum Gasteiger partial charge on any atom is -0.478 e. The molecule has 2 aromatic carbocycles. The van der Waals surface area contributed by atoms with Gasteiger partial charge in [-0.3, -0.25) is 0 Å². The van der Waals surface area contributed by atoms with Gasteiger partial charge in [-0.2, -0.15) is 0 Å². The minimum absolute atomic E-state index is 0.276. The van der Waals surface area contributed by atoms with E-state index in [0.29, 0.717) is 23.1 Å². The predicted octanol–water partition coefficient (Wildman–Crippen LogP) is 6.16. The Balaban J connectivity index is 2.03. The molecule has 0 radical (unpaired) electrons. The molecular weight excluding hydrogens is 402 g/mol. The number of carboxylic acids is 1. The molecule has 0 bridgehead atoms. The predicted molar refractivity (Wildman–Crippen MR) is 132 cm³/mol. The molecule has 0 aliphatic heterocycles. The number of carbonyl (C=O) groups is 1. The molecule has 0 amide bonds. The van der Waals surface area contributed by atoms with E-state index in [1.54, 1.807) is 31.2 Å². The van der Waals surface area contributed by atoms with E-state index in [1.807, 2.05) is 25.1 Å². The van der Waals surface area contributed by atoms with E-state index >= 15 is 0 Å². The van der Waals surface area contributed by atoms with E-state index < -0.39 is 5.97 Å². The van der Waals surface area contributed by atoms with Gasteiger partial charge in [0, 0.05) is 30.2 Å². The molecule has 1 N–H and O–H groups in total. The van der Waals surface area contributed by atoms with E-state index in [2.05, 4.69) is 24.8 Å². The van der Waals surface area contributed by atoms with Crippen molar-refractivity contribution >= 4 is 34.8 Å². The smallest absolute Gasteiger partial charge is 0.343 e. The molecule has 3 aromatic rings. The summed E-state index contributed by atoms with van der Waals surface area (Å²) >= 11 is 0. The summed E-state index contributed by atoms with van der Waals surface area (Å²) in [6, 6.07) is 11.3. The monoisotopic (exact) mass is 433 g/mol. The zero-order valence-corrected chi connectivity index (χ0v) is 19.3. The van der Waals surface area contributed by atoms with Gasteiger partial charge >= 0.3 is 11.6 Å². The lowest BCUT2D eigenvalue weighted by Crippen LogP contribution is -2.24. The maximum Gasteiger partial charge on any atom is 0.343 e. The zero-order chi connectivity index (χ0) is 23.3. The normalized spacial score (nSPS) is 11.4. The van der Waals surface area contributed by atoms with Crippen LogP contribution in [-0.2, 0) is 6.42 Å². The van der Waals surface area contributed by atoms with Crippen molar-refractivity contribution in [2.45, 2.75) is 47.0 Å². The van der Waals surface area contributed by atoms with Crippen LogP contribution in [0.1, 0.15) is 66.2 Å². The Labute approximate surface area is 189 Å². The molecule has 5 heteroatoms. The lowest BCUT2D eigenvalue weighted by atomic mass is 10.00. The van der Waals surface area contributed by atoms with Crippen molar-refractivity contribution in [2.24, 2.45) is 0 Å². The van der Waals surface area contributed by atoms with E-state index in [4.69, 9.17) is 4.42 Å². The first kappa shape index (κ1) is 23.3. The topological polar surface area (TPSA) is 70.8 Å². The fraction of sp³-hybridized carbons (Fsp3) is 0.333. The van der Waals surface area contributed by atoms with Crippen LogP contribution < -0.4 is 10.5 Å². The van der Waals surface area contributed by atoms with Crippen LogP contribution >= 0.6 is 0 Å². The highest BCUT2D eigenvalue weighted by Crippen LogP contribution is 2.27. The Morgan fingerprint density at radius 2 is 1.75 bits per heavy atom. The maximum atomic E-state index is 12.9. The Kier molecular flexibility index (Phi) is 7.52. The third-order valence-electron chi connectivity index (χ3n) is 5.67. The van der Waals surface area contributed by atoms with Crippen molar-refractivity contribution in [3.63, 3.8) is 0 Å². The SMILES string of the molecule is CCCN(CCC)c1ccc2c(CC)c(/C=C/c3ccc(C(=O)O)c(C)c3)c(=O)oc2c1. The summed E-state index contributed by atoms with van der Waals surface area (Å²) in [5.41, 5.74) is 4.60. The van der Waals surface area contributed by atoms with Gasteiger partial charge < -0.3 is 14.4 Å². The van der Waals surface area contributed by atoms with Gasteiger partial charge in [0.2, 0.25) is 0 Å². The average Bonchev–Trinajstić information content (AvgIpc) is 2.76. The molecule has 168 valence electrons. The first-order valence-electron chi connectivity index (χ1n) is 11.3. The van der Waals surface area contributed by atoms with Gasteiger partial charge in [0.1, 0.15) is 5.58 Å². The molecule has 0 saturated carbocycles. The van der Waals surface area contributed by atoms with Crippen molar-refractivity contribution in [1.82, 2.24) is 0 Å². The zero-order valence-electron chi connectivity index (χ0n) is 19.3. The highest BCUT2D eigenvalue weighted by Gasteiger charge is 2.14. The Morgan fingerprint density at radius 3 is 2.34 bits per heavy atom. The molecule has 0 aliphatic rings. The summed E-state index contributed by atoms with van der Waals surface area (Å²) in [7, 11) is 0. The van der Waals surface area contributed by atoms with Crippen molar-refractivity contribution in [3.8, 4) is 0 Å². The number of aromatic carboxylic acids is 1. The van der Waals surface area contributed by atoms with Crippen LogP contribution in [0, 0.1) is 6.92 Å². The standard InChI is InChI=1S/C27H31NO4/c1-5-14-28(15-6-2)20-10-13-23-21(7-3)24(27(31)32-25(23)17-20)12-9-19-8-11-22(26(29)30)18(4)16-19/h8-13,16-17H,5-7,14-15H2,1-4H3,(H,29,30)/b12-9+. The summed E-state index contributed by atoms with van der Waals surface area (Å²) in [5.74, 6) is -0.947. The summed E-state index contributed by atoms with van der Waals surface area (Å²) in [5, 5.41) is 10.2. The number of benzene rings is 2. The highest BCUT2D eigenvalue weighted by molar-refractivity contribution is 5.90. The number of hydrogen-bond acceptors (Lipinski definition) is 4. The second-order valence-corrected chi connectivity index (χ2v) is 8.02. The molecule has 5 nitrogen and oxygen atoms in total. The molecule has 0 fully saturated rings. The Hall–Kier alpha value is -3.34. The van der Waals surface area contributed by atoms with Crippen LogP contribution in [0.3, 0.4) is 0 Å². The van der Waals surface area contributed by atoms with Crippen LogP contribution in [-0.4, -0.2) is 24.2 Å². The number of aryl methyl sites for hydroxylation is 2. The molecule has 32 heavy (non-hydrogen) atoms. The van der Waals surface area contributed by atoms with Gasteiger partial charge in [0.05, 0.1) is 11.1 Å². The number of carboxylic acid groups (broad SMARTS) is 1. The van der Waals surface area contributed by atoms with Crippen LogP contribution in [0.4, 0.5) is 5.69 Å². The molecule has 0 spiro atoms. The van der Waals surface area contributed by atoms with Crippen molar-refractivity contribution in [3.05, 3.63) is 74.6 Å². The number of rotatable bonds is 9. The maximum absolute atomic E-state index is 12.9. The number of fused-ring (bicyclic) bond motifs is 1. The molecule has 1 heterocycles. The second kappa shape index (κ2) is 10.3. The lowest BCUT2D eigenvalue weighted by Gasteiger charge is -2.24. The molecule has 0 saturated heterocycles. The third-order valence-corrected chi connectivity index (χ3v) is 5.67. The highest BCUT2D eigenvalue weighted by atomic mass is 16.4. The molecule has 0 aliphatic carbocycles. The van der Waals surface area contributed by atoms with Gasteiger partial charge in [-0.25, -0.2) is 9.59 Å². The second-order valence-electron chi connectivity index (χ2n) is 8.02. The summed E-state index contributed by atoms with van der Waals surface area (Å²) in [4.78, 5) is 26.4. The summed E-state index contributed by atoms with van der Waals surface area (Å²) in [6.07, 6.45) is 6.41. The number of hydrogen-bond donors (Lipinski definition) is 1. The van der Waals surface area contributed by atoms with Crippen LogP contribution in [0.25, 0.3) is 23.1 Å². The average molecular weight is 434 g/mol.